The van der Waals surface area contributed by atoms with Crippen LogP contribution in [0.1, 0.15) is 76.7 Å². The average molecular weight is 366 g/mol. The number of hydrogen-bond donors (Lipinski definition) is 0. The molecule has 1 aromatic rings. The van der Waals surface area contributed by atoms with E-state index in [4.69, 9.17) is 11.6 Å². The third-order valence-corrected chi connectivity index (χ3v) is 5.47. The standard InChI is InChI=1S/C16H26BrClS/c1-2-3-4-5-6-7-8-9-10-11-12-14-13-15(17)19-16(14)18/h13H,2-12H2,1H3. The predicted molar refractivity (Wildman–Crippen MR) is 92.6 cm³/mol. The summed E-state index contributed by atoms with van der Waals surface area (Å²) in [5, 5.41) is 0. The first-order valence-electron chi connectivity index (χ1n) is 7.67. The summed E-state index contributed by atoms with van der Waals surface area (Å²) in [7, 11) is 0. The molecule has 0 N–H and O–H groups in total. The molecule has 110 valence electrons. The lowest BCUT2D eigenvalue weighted by Gasteiger charge is -2.02. The van der Waals surface area contributed by atoms with Crippen molar-refractivity contribution in [3.63, 3.8) is 0 Å². The molecular weight excluding hydrogens is 340 g/mol. The molecule has 3 heteroatoms. The van der Waals surface area contributed by atoms with E-state index in [1.807, 2.05) is 0 Å². The smallest absolute Gasteiger partial charge is 0.0972 e. The Morgan fingerprint density at radius 1 is 0.947 bits per heavy atom. The highest BCUT2D eigenvalue weighted by Crippen LogP contribution is 2.32. The molecular formula is C16H26BrClS. The fraction of sp³-hybridized carbons (Fsp3) is 0.750. The minimum atomic E-state index is 0.961. The molecule has 0 fully saturated rings. The van der Waals surface area contributed by atoms with Gasteiger partial charge < -0.3 is 0 Å². The zero-order valence-electron chi connectivity index (χ0n) is 12.0. The number of unbranched alkanes of at least 4 members (excludes halogenated alkanes) is 9. The number of aryl methyl sites for hydroxylation is 1. The van der Waals surface area contributed by atoms with Crippen LogP contribution in [0, 0.1) is 0 Å². The summed E-state index contributed by atoms with van der Waals surface area (Å²) in [6.07, 6.45) is 15.0. The van der Waals surface area contributed by atoms with Gasteiger partial charge in [-0.2, -0.15) is 0 Å². The fourth-order valence-electron chi connectivity index (χ4n) is 2.35. The van der Waals surface area contributed by atoms with E-state index in [9.17, 15) is 0 Å². The van der Waals surface area contributed by atoms with Gasteiger partial charge in [-0.05, 0) is 40.4 Å². The van der Waals surface area contributed by atoms with Crippen LogP contribution < -0.4 is 0 Å². The van der Waals surface area contributed by atoms with Crippen LogP contribution in [-0.4, -0.2) is 0 Å². The molecule has 0 aromatic carbocycles. The fourth-order valence-corrected chi connectivity index (χ4v) is 4.45. The summed E-state index contributed by atoms with van der Waals surface area (Å²) in [6, 6.07) is 2.17. The van der Waals surface area contributed by atoms with E-state index in [0.717, 1.165) is 14.5 Å². The van der Waals surface area contributed by atoms with Crippen molar-refractivity contribution in [3.05, 3.63) is 19.8 Å². The van der Waals surface area contributed by atoms with Gasteiger partial charge in [0.25, 0.3) is 0 Å². The van der Waals surface area contributed by atoms with Gasteiger partial charge in [0.1, 0.15) is 0 Å². The first kappa shape index (κ1) is 17.5. The third kappa shape index (κ3) is 8.37. The van der Waals surface area contributed by atoms with Crippen LogP contribution in [0.2, 0.25) is 4.34 Å². The van der Waals surface area contributed by atoms with Crippen LogP contribution in [0.4, 0.5) is 0 Å². The van der Waals surface area contributed by atoms with Gasteiger partial charge in [0.15, 0.2) is 0 Å². The Kier molecular flexibility index (Phi) is 10.3. The van der Waals surface area contributed by atoms with Crippen molar-refractivity contribution >= 4 is 38.9 Å². The Morgan fingerprint density at radius 2 is 1.47 bits per heavy atom. The molecule has 1 rings (SSSR count). The normalized spacial score (nSPS) is 11.1. The summed E-state index contributed by atoms with van der Waals surface area (Å²) in [5.41, 5.74) is 1.32. The minimum absolute atomic E-state index is 0.961. The third-order valence-electron chi connectivity index (χ3n) is 3.53. The van der Waals surface area contributed by atoms with E-state index in [2.05, 4.69) is 28.9 Å². The average Bonchev–Trinajstić information content (AvgIpc) is 2.70. The summed E-state index contributed by atoms with van der Waals surface area (Å²) >= 11 is 11.3. The predicted octanol–water partition coefficient (Wildman–Crippen LogP) is 7.63. The lowest BCUT2D eigenvalue weighted by molar-refractivity contribution is 0.556. The Balaban J connectivity index is 1.90. The van der Waals surface area contributed by atoms with Gasteiger partial charge in [-0.25, -0.2) is 0 Å². The van der Waals surface area contributed by atoms with E-state index >= 15 is 0 Å². The lowest BCUT2D eigenvalue weighted by atomic mass is 10.0. The molecule has 1 aromatic heterocycles. The largest absolute Gasteiger partial charge is 0.116 e. The van der Waals surface area contributed by atoms with Gasteiger partial charge in [0.05, 0.1) is 8.12 Å². The van der Waals surface area contributed by atoms with Crippen LogP contribution in [0.25, 0.3) is 0 Å². The monoisotopic (exact) mass is 364 g/mol. The molecule has 0 spiro atoms. The van der Waals surface area contributed by atoms with Gasteiger partial charge in [0.2, 0.25) is 0 Å². The van der Waals surface area contributed by atoms with E-state index in [1.54, 1.807) is 11.3 Å². The first-order valence-corrected chi connectivity index (χ1v) is 9.66. The Morgan fingerprint density at radius 3 is 1.95 bits per heavy atom. The quantitative estimate of drug-likeness (QED) is 0.354. The first-order chi connectivity index (χ1) is 9.24. The molecule has 0 aliphatic rings. The maximum absolute atomic E-state index is 6.16. The second kappa shape index (κ2) is 11.2. The molecule has 0 saturated carbocycles. The second-order valence-electron chi connectivity index (χ2n) is 5.28. The van der Waals surface area contributed by atoms with Gasteiger partial charge in [0, 0.05) is 0 Å². The number of halogens is 2. The molecule has 0 aliphatic carbocycles. The van der Waals surface area contributed by atoms with Gasteiger partial charge in [-0.1, -0.05) is 76.3 Å². The molecule has 0 unspecified atom stereocenters. The topological polar surface area (TPSA) is 0 Å². The van der Waals surface area contributed by atoms with Crippen LogP contribution in [0.5, 0.6) is 0 Å². The SMILES string of the molecule is CCCCCCCCCCCCc1cc(Br)sc1Cl. The molecule has 0 atom stereocenters. The Labute approximate surface area is 136 Å². The number of thiophene rings is 1. The van der Waals surface area contributed by atoms with Crippen molar-refractivity contribution in [1.29, 1.82) is 0 Å². The van der Waals surface area contributed by atoms with E-state index in [-0.39, 0.29) is 0 Å². The van der Waals surface area contributed by atoms with Gasteiger partial charge >= 0.3 is 0 Å². The van der Waals surface area contributed by atoms with Crippen molar-refractivity contribution in [1.82, 2.24) is 0 Å². The van der Waals surface area contributed by atoms with E-state index in [1.165, 1.54) is 69.8 Å². The maximum Gasteiger partial charge on any atom is 0.0972 e. The number of hydrogen-bond acceptors (Lipinski definition) is 1. The van der Waals surface area contributed by atoms with E-state index < -0.39 is 0 Å². The zero-order valence-corrected chi connectivity index (χ0v) is 15.2. The molecule has 0 aliphatic heterocycles. The van der Waals surface area contributed by atoms with Crippen LogP contribution in [0.15, 0.2) is 9.85 Å². The van der Waals surface area contributed by atoms with E-state index in [0.29, 0.717) is 0 Å². The van der Waals surface area contributed by atoms with Gasteiger partial charge in [-0.3, -0.25) is 0 Å². The van der Waals surface area contributed by atoms with Crippen molar-refractivity contribution in [2.45, 2.75) is 77.6 Å². The molecule has 0 saturated heterocycles. The summed E-state index contributed by atoms with van der Waals surface area (Å²) < 4.78 is 2.11. The van der Waals surface area contributed by atoms with Crippen LogP contribution >= 0.6 is 38.9 Å². The summed E-state index contributed by atoms with van der Waals surface area (Å²) in [5.74, 6) is 0. The molecule has 0 nitrogen and oxygen atoms in total. The van der Waals surface area contributed by atoms with Crippen LogP contribution in [0.3, 0.4) is 0 Å². The Bertz CT molecular complexity index is 335. The maximum atomic E-state index is 6.16. The second-order valence-corrected chi connectivity index (χ2v) is 8.31. The molecule has 1 heterocycles. The van der Waals surface area contributed by atoms with Crippen LogP contribution in [-0.2, 0) is 6.42 Å². The highest BCUT2D eigenvalue weighted by molar-refractivity contribution is 9.11. The molecule has 0 amide bonds. The summed E-state index contributed by atoms with van der Waals surface area (Å²) in [4.78, 5) is 0. The molecule has 0 bridgehead atoms. The minimum Gasteiger partial charge on any atom is -0.116 e. The lowest BCUT2D eigenvalue weighted by Crippen LogP contribution is -1.85. The van der Waals surface area contributed by atoms with Crippen molar-refractivity contribution in [2.24, 2.45) is 0 Å². The van der Waals surface area contributed by atoms with Gasteiger partial charge in [-0.15, -0.1) is 11.3 Å². The number of rotatable bonds is 11. The molecule has 19 heavy (non-hydrogen) atoms. The van der Waals surface area contributed by atoms with Crippen molar-refractivity contribution in [2.75, 3.05) is 0 Å². The highest BCUT2D eigenvalue weighted by Gasteiger charge is 2.04. The Hall–Kier alpha value is 0.470. The van der Waals surface area contributed by atoms with Crippen molar-refractivity contribution in [3.8, 4) is 0 Å². The zero-order chi connectivity index (χ0) is 13.9. The highest BCUT2D eigenvalue weighted by atomic mass is 79.9. The summed E-state index contributed by atoms with van der Waals surface area (Å²) in [6.45, 7) is 2.28. The molecule has 0 radical (unpaired) electrons. The van der Waals surface area contributed by atoms with Crippen molar-refractivity contribution < 1.29 is 0 Å².